The zero-order valence-electron chi connectivity index (χ0n) is 11.1. The molecule has 5 nitrogen and oxygen atoms in total. The fraction of sp³-hybridized carbons (Fsp3) is 0.500. The number of carboxylic acids is 1. The Labute approximate surface area is 120 Å². The van der Waals surface area contributed by atoms with E-state index in [1.54, 1.807) is 0 Å². The Bertz CT molecular complexity index is 581. The summed E-state index contributed by atoms with van der Waals surface area (Å²) in [6, 6.07) is 0. The van der Waals surface area contributed by atoms with Gasteiger partial charge in [0.2, 0.25) is 5.91 Å². The van der Waals surface area contributed by atoms with Crippen LogP contribution in [0.4, 0.5) is 0 Å². The van der Waals surface area contributed by atoms with Crippen LogP contribution in [0, 0.1) is 30.6 Å². The summed E-state index contributed by atoms with van der Waals surface area (Å²) in [6.45, 7) is 2.28. The van der Waals surface area contributed by atoms with Crippen molar-refractivity contribution in [1.29, 1.82) is 0 Å². The summed E-state index contributed by atoms with van der Waals surface area (Å²) in [4.78, 5) is 27.9. The van der Waals surface area contributed by atoms with E-state index in [1.807, 2.05) is 24.5 Å². The van der Waals surface area contributed by atoms with Gasteiger partial charge in [-0.05, 0) is 25.2 Å². The van der Waals surface area contributed by atoms with Gasteiger partial charge in [0.05, 0.1) is 18.4 Å². The maximum atomic E-state index is 12.3. The first-order valence-electron chi connectivity index (χ1n) is 6.66. The number of rotatable bonds is 4. The first-order valence-corrected chi connectivity index (χ1v) is 7.54. The van der Waals surface area contributed by atoms with Gasteiger partial charge in [-0.15, -0.1) is 11.3 Å². The minimum atomic E-state index is -0.868. The van der Waals surface area contributed by atoms with Crippen molar-refractivity contribution in [2.45, 2.75) is 19.9 Å². The Morgan fingerprint density at radius 3 is 2.70 bits per heavy atom. The van der Waals surface area contributed by atoms with Crippen LogP contribution in [0.25, 0.3) is 0 Å². The summed E-state index contributed by atoms with van der Waals surface area (Å²) in [7, 11) is 0. The van der Waals surface area contributed by atoms with Crippen LogP contribution < -0.4 is 5.32 Å². The van der Waals surface area contributed by atoms with Crippen LogP contribution >= 0.6 is 11.3 Å². The molecule has 0 saturated heterocycles. The number of nitrogens with zero attached hydrogens (tertiary/aromatic N) is 1. The monoisotopic (exact) mass is 292 g/mol. The summed E-state index contributed by atoms with van der Waals surface area (Å²) in [5.74, 6) is -1.98. The van der Waals surface area contributed by atoms with E-state index >= 15 is 0 Å². The van der Waals surface area contributed by atoms with E-state index in [2.05, 4.69) is 10.3 Å². The molecule has 0 aromatic carbocycles. The predicted octanol–water partition coefficient (Wildman–Crippen LogP) is 1.59. The molecule has 0 aliphatic heterocycles. The molecule has 1 saturated carbocycles. The van der Waals surface area contributed by atoms with E-state index in [0.717, 1.165) is 17.1 Å². The van der Waals surface area contributed by atoms with Crippen molar-refractivity contribution in [3.8, 4) is 0 Å². The van der Waals surface area contributed by atoms with E-state index in [4.69, 9.17) is 0 Å². The second-order valence-electron chi connectivity index (χ2n) is 5.44. The lowest BCUT2D eigenvalue weighted by Gasteiger charge is -2.23. The first-order chi connectivity index (χ1) is 9.56. The van der Waals surface area contributed by atoms with E-state index in [0.29, 0.717) is 6.54 Å². The van der Waals surface area contributed by atoms with E-state index in [1.165, 1.54) is 11.3 Å². The summed E-state index contributed by atoms with van der Waals surface area (Å²) in [5, 5.41) is 14.9. The third-order valence-electron chi connectivity index (χ3n) is 4.13. The Balaban J connectivity index is 1.67. The van der Waals surface area contributed by atoms with E-state index in [-0.39, 0.29) is 17.7 Å². The fourth-order valence-electron chi connectivity index (χ4n) is 3.28. The molecule has 2 aliphatic rings. The minimum Gasteiger partial charge on any atom is -0.481 e. The van der Waals surface area contributed by atoms with Gasteiger partial charge in [0.1, 0.15) is 5.01 Å². The molecule has 1 aromatic heterocycles. The molecule has 1 fully saturated rings. The summed E-state index contributed by atoms with van der Waals surface area (Å²) < 4.78 is 0. The number of allylic oxidation sites excluding steroid dienone is 2. The number of hydrogen-bond donors (Lipinski definition) is 2. The third-order valence-corrected chi connectivity index (χ3v) is 5.09. The SMILES string of the molecule is Cc1csc(CNC(=O)[C@H]2C3C=CC(C3)[C@H]2C(=O)O)n1. The van der Waals surface area contributed by atoms with E-state index < -0.39 is 17.8 Å². The molecule has 20 heavy (non-hydrogen) atoms. The highest BCUT2D eigenvalue weighted by Crippen LogP contribution is 2.48. The number of hydrogen-bond acceptors (Lipinski definition) is 4. The summed E-state index contributed by atoms with van der Waals surface area (Å²) in [6.07, 6.45) is 4.71. The number of carboxylic acid groups (broad SMARTS) is 1. The molecule has 106 valence electrons. The molecule has 2 bridgehead atoms. The number of nitrogens with one attached hydrogen (secondary N) is 1. The van der Waals surface area contributed by atoms with Crippen LogP contribution in [-0.4, -0.2) is 22.0 Å². The maximum absolute atomic E-state index is 12.3. The van der Waals surface area contributed by atoms with Crippen LogP contribution in [0.5, 0.6) is 0 Å². The molecule has 0 spiro atoms. The molecule has 1 aromatic rings. The molecule has 6 heteroatoms. The largest absolute Gasteiger partial charge is 0.481 e. The van der Waals surface area contributed by atoms with Crippen molar-refractivity contribution in [1.82, 2.24) is 10.3 Å². The quantitative estimate of drug-likeness (QED) is 0.826. The standard InChI is InChI=1S/C14H16N2O3S/c1-7-6-20-10(16-7)5-15-13(17)11-8-2-3-9(4-8)12(11)14(18)19/h2-3,6,8-9,11-12H,4-5H2,1H3,(H,15,17)(H,18,19)/t8?,9?,11-,12+/m0/s1. The summed E-state index contributed by atoms with van der Waals surface area (Å²) in [5.41, 5.74) is 0.936. The number of aryl methyl sites for hydroxylation is 1. The van der Waals surface area contributed by atoms with E-state index in [9.17, 15) is 14.7 Å². The topological polar surface area (TPSA) is 79.3 Å². The minimum absolute atomic E-state index is 0.00959. The highest BCUT2D eigenvalue weighted by Gasteiger charge is 2.51. The van der Waals surface area contributed by atoms with Crippen LogP contribution in [0.1, 0.15) is 17.1 Å². The van der Waals surface area contributed by atoms with Crippen LogP contribution in [-0.2, 0) is 16.1 Å². The van der Waals surface area contributed by atoms with Crippen LogP contribution in [0.2, 0.25) is 0 Å². The van der Waals surface area contributed by atoms with Gasteiger partial charge in [0, 0.05) is 11.1 Å². The van der Waals surface area contributed by atoms with Gasteiger partial charge in [0.15, 0.2) is 0 Å². The van der Waals surface area contributed by atoms with Crippen molar-refractivity contribution < 1.29 is 14.7 Å². The highest BCUT2D eigenvalue weighted by atomic mass is 32.1. The van der Waals surface area contributed by atoms with Gasteiger partial charge in [-0.25, -0.2) is 4.98 Å². The second kappa shape index (κ2) is 5.01. The number of thiazole rings is 1. The molecular formula is C14H16N2O3S. The summed E-state index contributed by atoms with van der Waals surface area (Å²) >= 11 is 1.50. The Morgan fingerprint density at radius 2 is 2.10 bits per heavy atom. The number of fused-ring (bicyclic) bond motifs is 2. The second-order valence-corrected chi connectivity index (χ2v) is 6.38. The van der Waals surface area contributed by atoms with Gasteiger partial charge in [0.25, 0.3) is 0 Å². The lowest BCUT2D eigenvalue weighted by molar-refractivity contribution is -0.147. The zero-order chi connectivity index (χ0) is 14.3. The molecule has 0 radical (unpaired) electrons. The fourth-order valence-corrected chi connectivity index (χ4v) is 3.99. The lowest BCUT2D eigenvalue weighted by atomic mass is 9.82. The molecule has 2 aliphatic carbocycles. The first kappa shape index (κ1) is 13.3. The van der Waals surface area contributed by atoms with Gasteiger partial charge in [-0.1, -0.05) is 12.2 Å². The van der Waals surface area contributed by atoms with Crippen LogP contribution in [0.3, 0.4) is 0 Å². The number of aromatic nitrogens is 1. The predicted molar refractivity (Wildman–Crippen MR) is 74.1 cm³/mol. The number of aliphatic carboxylic acids is 1. The molecule has 2 N–H and O–H groups in total. The zero-order valence-corrected chi connectivity index (χ0v) is 11.9. The number of carbonyl (C=O) groups is 2. The van der Waals surface area contributed by atoms with Gasteiger partial charge >= 0.3 is 5.97 Å². The lowest BCUT2D eigenvalue weighted by Crippen LogP contribution is -2.39. The average molecular weight is 292 g/mol. The van der Waals surface area contributed by atoms with Crippen molar-refractivity contribution in [3.05, 3.63) is 28.2 Å². The van der Waals surface area contributed by atoms with Crippen molar-refractivity contribution in [2.75, 3.05) is 0 Å². The molecule has 4 atom stereocenters. The molecular weight excluding hydrogens is 276 g/mol. The maximum Gasteiger partial charge on any atom is 0.307 e. The highest BCUT2D eigenvalue weighted by molar-refractivity contribution is 7.09. The normalized spacial score (nSPS) is 30.6. The smallest absolute Gasteiger partial charge is 0.307 e. The third kappa shape index (κ3) is 2.24. The Hall–Kier alpha value is -1.69. The van der Waals surface area contributed by atoms with Gasteiger partial charge in [-0.2, -0.15) is 0 Å². The van der Waals surface area contributed by atoms with Gasteiger partial charge in [-0.3, -0.25) is 9.59 Å². The number of carbonyl (C=O) groups excluding carboxylic acids is 1. The molecule has 2 unspecified atom stereocenters. The Kier molecular flexibility index (Phi) is 3.33. The molecule has 1 amide bonds. The van der Waals surface area contributed by atoms with Crippen molar-refractivity contribution in [2.24, 2.45) is 23.7 Å². The van der Waals surface area contributed by atoms with Crippen molar-refractivity contribution in [3.63, 3.8) is 0 Å². The molecule has 1 heterocycles. The number of amides is 1. The average Bonchev–Trinajstić information content (AvgIpc) is 3.10. The van der Waals surface area contributed by atoms with Gasteiger partial charge < -0.3 is 10.4 Å². The Morgan fingerprint density at radius 1 is 1.40 bits per heavy atom. The van der Waals surface area contributed by atoms with Crippen LogP contribution in [0.15, 0.2) is 17.5 Å². The molecule has 3 rings (SSSR count). The van der Waals surface area contributed by atoms with Crippen molar-refractivity contribution >= 4 is 23.2 Å².